The van der Waals surface area contributed by atoms with Crippen molar-refractivity contribution < 1.29 is 24.4 Å². The molecular formula is C5H8FO4. The molecule has 1 saturated heterocycles. The highest BCUT2D eigenvalue weighted by Gasteiger charge is 2.48. The molecule has 1 aliphatic rings. The minimum Gasteiger partial charge on any atom is -0.394 e. The maximum atomic E-state index is 12.5. The molecule has 1 fully saturated rings. The molecule has 4 nitrogen and oxygen atoms in total. The van der Waals surface area contributed by atoms with Gasteiger partial charge in [-0.25, -0.2) is 4.39 Å². The van der Waals surface area contributed by atoms with Crippen molar-refractivity contribution in [3.8, 4) is 0 Å². The minimum absolute atomic E-state index is 0.471. The van der Waals surface area contributed by atoms with Gasteiger partial charge in [-0.2, -0.15) is 0 Å². The first kappa shape index (κ1) is 7.87. The van der Waals surface area contributed by atoms with Crippen molar-refractivity contribution in [1.82, 2.24) is 0 Å². The molecule has 0 aromatic heterocycles. The highest BCUT2D eigenvalue weighted by molar-refractivity contribution is 4.95. The van der Waals surface area contributed by atoms with Crippen LogP contribution >= 0.6 is 0 Å². The van der Waals surface area contributed by atoms with E-state index in [4.69, 9.17) is 15.3 Å². The summed E-state index contributed by atoms with van der Waals surface area (Å²) in [7, 11) is 0. The SMILES string of the molecule is OC[C@H]1O[CH][C@@](O)(F)[C@@H]1O. The number of hydrogen-bond acceptors (Lipinski definition) is 4. The summed E-state index contributed by atoms with van der Waals surface area (Å²) in [6.07, 6.45) is -2.76. The molecule has 0 unspecified atom stereocenters. The number of alkyl halides is 1. The van der Waals surface area contributed by atoms with Crippen molar-refractivity contribution in [2.24, 2.45) is 0 Å². The molecule has 59 valence electrons. The van der Waals surface area contributed by atoms with Gasteiger partial charge in [-0.1, -0.05) is 0 Å². The average molecular weight is 151 g/mol. The van der Waals surface area contributed by atoms with E-state index in [2.05, 4.69) is 4.74 Å². The predicted octanol–water partition coefficient (Wildman–Crippen LogP) is -1.44. The Morgan fingerprint density at radius 3 is 2.50 bits per heavy atom. The second-order valence-electron chi connectivity index (χ2n) is 2.15. The van der Waals surface area contributed by atoms with E-state index in [-0.39, 0.29) is 0 Å². The molecule has 0 aromatic rings. The van der Waals surface area contributed by atoms with Gasteiger partial charge in [0.25, 0.3) is 5.85 Å². The van der Waals surface area contributed by atoms with Crippen molar-refractivity contribution >= 4 is 0 Å². The lowest BCUT2D eigenvalue weighted by molar-refractivity contribution is -0.133. The number of aliphatic hydroxyl groups is 3. The van der Waals surface area contributed by atoms with Crippen molar-refractivity contribution in [1.29, 1.82) is 0 Å². The molecule has 3 N–H and O–H groups in total. The Bertz CT molecular complexity index is 127. The van der Waals surface area contributed by atoms with E-state index in [9.17, 15) is 4.39 Å². The fraction of sp³-hybridized carbons (Fsp3) is 0.800. The van der Waals surface area contributed by atoms with Crippen LogP contribution in [0.4, 0.5) is 4.39 Å². The number of hydrogen-bond donors (Lipinski definition) is 3. The highest BCUT2D eigenvalue weighted by atomic mass is 19.2. The molecule has 3 atom stereocenters. The topological polar surface area (TPSA) is 69.9 Å². The summed E-state index contributed by atoms with van der Waals surface area (Å²) in [4.78, 5) is 0. The molecular weight excluding hydrogens is 143 g/mol. The Morgan fingerprint density at radius 2 is 2.30 bits per heavy atom. The Balaban J connectivity index is 2.58. The van der Waals surface area contributed by atoms with Crippen molar-refractivity contribution in [2.45, 2.75) is 18.1 Å². The molecule has 0 saturated carbocycles. The largest absolute Gasteiger partial charge is 0.394 e. The van der Waals surface area contributed by atoms with Crippen LogP contribution in [0.2, 0.25) is 0 Å². The van der Waals surface area contributed by atoms with Gasteiger partial charge in [-0.3, -0.25) is 0 Å². The van der Waals surface area contributed by atoms with Gasteiger partial charge < -0.3 is 20.1 Å². The fourth-order valence-corrected chi connectivity index (χ4v) is 0.731. The van der Waals surface area contributed by atoms with Crippen LogP contribution in [0, 0.1) is 6.61 Å². The molecule has 5 heteroatoms. The summed E-state index contributed by atoms with van der Waals surface area (Å²) >= 11 is 0. The molecule has 1 heterocycles. The van der Waals surface area contributed by atoms with Crippen molar-refractivity contribution in [3.63, 3.8) is 0 Å². The zero-order chi connectivity index (χ0) is 7.78. The molecule has 1 rings (SSSR count). The van der Waals surface area contributed by atoms with Gasteiger partial charge in [0.15, 0.2) is 6.61 Å². The van der Waals surface area contributed by atoms with Crippen LogP contribution in [0.15, 0.2) is 0 Å². The first-order valence-electron chi connectivity index (χ1n) is 2.78. The smallest absolute Gasteiger partial charge is 0.264 e. The number of halogens is 1. The Kier molecular flexibility index (Phi) is 1.91. The van der Waals surface area contributed by atoms with E-state index in [0.717, 1.165) is 0 Å². The Labute approximate surface area is 56.9 Å². The van der Waals surface area contributed by atoms with Gasteiger partial charge in [0.1, 0.15) is 12.2 Å². The Morgan fingerprint density at radius 1 is 1.70 bits per heavy atom. The van der Waals surface area contributed by atoms with Gasteiger partial charge in [0, 0.05) is 0 Å². The van der Waals surface area contributed by atoms with Gasteiger partial charge in [0.05, 0.1) is 6.61 Å². The van der Waals surface area contributed by atoms with Crippen LogP contribution in [0.5, 0.6) is 0 Å². The third kappa shape index (κ3) is 1.13. The molecule has 0 aromatic carbocycles. The van der Waals surface area contributed by atoms with E-state index in [0.29, 0.717) is 6.61 Å². The summed E-state index contributed by atoms with van der Waals surface area (Å²) in [6.45, 7) is -0.0531. The fourth-order valence-electron chi connectivity index (χ4n) is 0.731. The van der Waals surface area contributed by atoms with Crippen LogP contribution in [-0.4, -0.2) is 40.0 Å². The lowest BCUT2D eigenvalue weighted by Crippen LogP contribution is -2.39. The van der Waals surface area contributed by atoms with Crippen LogP contribution in [0.1, 0.15) is 0 Å². The van der Waals surface area contributed by atoms with E-state index < -0.39 is 24.7 Å². The van der Waals surface area contributed by atoms with E-state index in [1.54, 1.807) is 0 Å². The highest BCUT2D eigenvalue weighted by Crippen LogP contribution is 2.28. The maximum Gasteiger partial charge on any atom is 0.264 e. The zero-order valence-electron chi connectivity index (χ0n) is 5.07. The first-order chi connectivity index (χ1) is 4.58. The summed E-state index contributed by atoms with van der Waals surface area (Å²) in [6, 6.07) is 0. The number of rotatable bonds is 1. The second-order valence-corrected chi connectivity index (χ2v) is 2.15. The van der Waals surface area contributed by atoms with Crippen LogP contribution in [0.3, 0.4) is 0 Å². The monoisotopic (exact) mass is 151 g/mol. The zero-order valence-corrected chi connectivity index (χ0v) is 5.07. The van der Waals surface area contributed by atoms with Crippen LogP contribution in [0.25, 0.3) is 0 Å². The maximum absolute atomic E-state index is 12.5. The van der Waals surface area contributed by atoms with Gasteiger partial charge in [-0.15, -0.1) is 0 Å². The third-order valence-corrected chi connectivity index (χ3v) is 1.36. The molecule has 1 aliphatic heterocycles. The molecule has 0 aliphatic carbocycles. The molecule has 10 heavy (non-hydrogen) atoms. The van der Waals surface area contributed by atoms with E-state index in [1.165, 1.54) is 0 Å². The lowest BCUT2D eigenvalue weighted by Gasteiger charge is -2.15. The van der Waals surface area contributed by atoms with Crippen LogP contribution in [-0.2, 0) is 4.74 Å². The Hall–Kier alpha value is -0.230. The van der Waals surface area contributed by atoms with E-state index in [1.807, 2.05) is 0 Å². The average Bonchev–Trinajstić information content (AvgIpc) is 2.10. The second kappa shape index (κ2) is 2.43. The van der Waals surface area contributed by atoms with Crippen molar-refractivity contribution in [3.05, 3.63) is 6.61 Å². The predicted molar refractivity (Wildman–Crippen MR) is 28.3 cm³/mol. The van der Waals surface area contributed by atoms with Gasteiger partial charge in [0.2, 0.25) is 0 Å². The third-order valence-electron chi connectivity index (χ3n) is 1.36. The number of ether oxygens (including phenoxy) is 1. The molecule has 1 radical (unpaired) electrons. The minimum atomic E-state index is -2.83. The summed E-state index contributed by atoms with van der Waals surface area (Å²) in [5, 5.41) is 25.7. The summed E-state index contributed by atoms with van der Waals surface area (Å²) in [5.41, 5.74) is 0. The summed E-state index contributed by atoms with van der Waals surface area (Å²) in [5.74, 6) is -2.83. The summed E-state index contributed by atoms with van der Waals surface area (Å²) < 4.78 is 16.8. The lowest BCUT2D eigenvalue weighted by atomic mass is 10.1. The molecule has 0 spiro atoms. The normalized spacial score (nSPS) is 48.0. The quantitative estimate of drug-likeness (QED) is 0.429. The molecule has 0 amide bonds. The van der Waals surface area contributed by atoms with Gasteiger partial charge in [-0.05, 0) is 0 Å². The van der Waals surface area contributed by atoms with Gasteiger partial charge >= 0.3 is 0 Å². The standard InChI is InChI=1S/C5H8FO4/c6-5(9)2-10-3(1-7)4(5)8/h2-4,7-9H,1H2/t3-,4-,5+/m1/s1. The van der Waals surface area contributed by atoms with Crippen LogP contribution < -0.4 is 0 Å². The molecule has 0 bridgehead atoms. The number of aliphatic hydroxyl groups excluding tert-OH is 2. The van der Waals surface area contributed by atoms with E-state index >= 15 is 0 Å². The van der Waals surface area contributed by atoms with Crippen molar-refractivity contribution in [2.75, 3.05) is 6.61 Å². The first-order valence-corrected chi connectivity index (χ1v) is 2.78.